The molecule has 0 atom stereocenters. The summed E-state index contributed by atoms with van der Waals surface area (Å²) < 4.78 is 0. The molecule has 2 amide bonds. The number of hydrogen-bond acceptors (Lipinski definition) is 7. The smallest absolute Gasteiger partial charge is 0.248 e. The van der Waals surface area contributed by atoms with E-state index in [1.165, 1.54) is 0 Å². The molecule has 0 aliphatic rings. The molecular formula is C27H30N6O3. The summed E-state index contributed by atoms with van der Waals surface area (Å²) in [5, 5.41) is 21.5. The van der Waals surface area contributed by atoms with Gasteiger partial charge in [-0.05, 0) is 35.7 Å². The summed E-state index contributed by atoms with van der Waals surface area (Å²) in [5.41, 5.74) is 8.44. The van der Waals surface area contributed by atoms with Crippen molar-refractivity contribution in [3.05, 3.63) is 77.6 Å². The van der Waals surface area contributed by atoms with E-state index in [4.69, 9.17) is 10.7 Å². The van der Waals surface area contributed by atoms with Crippen LogP contribution in [0.3, 0.4) is 0 Å². The lowest BCUT2D eigenvalue weighted by Crippen LogP contribution is -2.29. The lowest BCUT2D eigenvalue weighted by atomic mass is 10.1. The number of aliphatic hydroxyl groups is 1. The van der Waals surface area contributed by atoms with E-state index < -0.39 is 5.91 Å². The number of nitrogens with two attached hydrogens (primary N) is 1. The number of hydrogen-bond donors (Lipinski definition) is 5. The van der Waals surface area contributed by atoms with Crippen molar-refractivity contribution in [1.29, 1.82) is 0 Å². The number of pyridine rings is 2. The molecule has 0 radical (unpaired) electrons. The standard InChI is InChI=1S/C27H30N6O3/c28-26(36)20-5-6-21-23-16-30-11-7-22(23)27(33-24(21)14-20)32-10-2-9-31-25(35)8-12-29-15-18-3-1-4-19(13-18)17-34/h1,3-7,11,13-14,16,29,34H,2,8-10,12,15,17H2,(H2,28,36)(H,31,35)(H,32,33). The van der Waals surface area contributed by atoms with E-state index in [0.29, 0.717) is 49.5 Å². The van der Waals surface area contributed by atoms with Crippen LogP contribution in [-0.4, -0.2) is 46.5 Å². The largest absolute Gasteiger partial charge is 0.392 e. The summed E-state index contributed by atoms with van der Waals surface area (Å²) in [5.74, 6) is 0.189. The predicted molar refractivity (Wildman–Crippen MR) is 140 cm³/mol. The molecule has 4 rings (SSSR count). The Bertz CT molecular complexity index is 1370. The van der Waals surface area contributed by atoms with Crippen molar-refractivity contribution in [2.75, 3.05) is 25.0 Å². The monoisotopic (exact) mass is 486 g/mol. The molecule has 0 spiro atoms. The molecule has 9 heteroatoms. The summed E-state index contributed by atoms with van der Waals surface area (Å²) in [6.07, 6.45) is 4.61. The number of nitrogens with one attached hydrogen (secondary N) is 3. The van der Waals surface area contributed by atoms with Gasteiger partial charge in [0, 0.05) is 66.7 Å². The number of nitrogens with zero attached hydrogens (tertiary/aromatic N) is 2. The van der Waals surface area contributed by atoms with Gasteiger partial charge in [0.1, 0.15) is 5.82 Å². The highest BCUT2D eigenvalue weighted by molar-refractivity contribution is 6.11. The van der Waals surface area contributed by atoms with Gasteiger partial charge in [0.25, 0.3) is 0 Å². The maximum atomic E-state index is 12.1. The Kier molecular flexibility index (Phi) is 8.38. The van der Waals surface area contributed by atoms with Crippen LogP contribution in [0.2, 0.25) is 0 Å². The van der Waals surface area contributed by atoms with E-state index in [-0.39, 0.29) is 12.5 Å². The Hall–Kier alpha value is -4.08. The number of anilines is 1. The second-order valence-corrected chi connectivity index (χ2v) is 8.51. The first kappa shape index (κ1) is 25.0. The third kappa shape index (κ3) is 6.32. The Labute approximate surface area is 209 Å². The number of aromatic nitrogens is 2. The van der Waals surface area contributed by atoms with Crippen LogP contribution in [0.15, 0.2) is 60.9 Å². The second kappa shape index (κ2) is 12.1. The van der Waals surface area contributed by atoms with Gasteiger partial charge in [-0.2, -0.15) is 0 Å². The lowest BCUT2D eigenvalue weighted by Gasteiger charge is -2.12. The molecule has 0 aliphatic carbocycles. The first-order valence-corrected chi connectivity index (χ1v) is 11.9. The topological polar surface area (TPSA) is 142 Å². The summed E-state index contributed by atoms with van der Waals surface area (Å²) in [7, 11) is 0. The van der Waals surface area contributed by atoms with Crippen molar-refractivity contribution in [3.63, 3.8) is 0 Å². The van der Waals surface area contributed by atoms with Crippen LogP contribution in [-0.2, 0) is 17.9 Å². The van der Waals surface area contributed by atoms with E-state index in [9.17, 15) is 14.7 Å². The zero-order chi connectivity index (χ0) is 25.3. The quantitative estimate of drug-likeness (QED) is 0.153. The average Bonchev–Trinajstić information content (AvgIpc) is 2.90. The fraction of sp³-hybridized carbons (Fsp3) is 0.259. The zero-order valence-corrected chi connectivity index (χ0v) is 20.0. The SMILES string of the molecule is NC(=O)c1ccc2c(c1)nc(NCCCNC(=O)CCNCc1cccc(CO)c1)c1ccncc12. The normalized spacial score (nSPS) is 11.0. The van der Waals surface area contributed by atoms with Crippen molar-refractivity contribution in [1.82, 2.24) is 20.6 Å². The summed E-state index contributed by atoms with van der Waals surface area (Å²) in [6, 6.07) is 14.8. The Morgan fingerprint density at radius 3 is 2.64 bits per heavy atom. The summed E-state index contributed by atoms with van der Waals surface area (Å²) in [6.45, 7) is 2.40. The van der Waals surface area contributed by atoms with E-state index in [2.05, 4.69) is 20.9 Å². The molecule has 0 fully saturated rings. The minimum absolute atomic E-state index is 0.00838. The minimum atomic E-state index is -0.499. The number of primary amides is 1. The highest BCUT2D eigenvalue weighted by atomic mass is 16.3. The lowest BCUT2D eigenvalue weighted by molar-refractivity contribution is -0.121. The van der Waals surface area contributed by atoms with E-state index in [1.54, 1.807) is 24.5 Å². The van der Waals surface area contributed by atoms with Gasteiger partial charge in [0.05, 0.1) is 12.1 Å². The number of fused-ring (bicyclic) bond motifs is 3. The summed E-state index contributed by atoms with van der Waals surface area (Å²) >= 11 is 0. The number of benzene rings is 2. The fourth-order valence-corrected chi connectivity index (χ4v) is 4.02. The van der Waals surface area contributed by atoms with Crippen molar-refractivity contribution in [3.8, 4) is 0 Å². The van der Waals surface area contributed by atoms with Gasteiger partial charge >= 0.3 is 0 Å². The average molecular weight is 487 g/mol. The van der Waals surface area contributed by atoms with Crippen molar-refractivity contribution < 1.29 is 14.7 Å². The zero-order valence-electron chi connectivity index (χ0n) is 20.0. The van der Waals surface area contributed by atoms with Crippen LogP contribution in [0.4, 0.5) is 5.82 Å². The molecule has 2 aromatic carbocycles. The molecule has 2 heterocycles. The van der Waals surface area contributed by atoms with Crippen LogP contribution in [0.25, 0.3) is 21.7 Å². The van der Waals surface area contributed by atoms with E-state index in [0.717, 1.165) is 33.7 Å². The second-order valence-electron chi connectivity index (χ2n) is 8.51. The molecule has 0 unspecified atom stereocenters. The van der Waals surface area contributed by atoms with Gasteiger partial charge in [-0.3, -0.25) is 14.6 Å². The minimum Gasteiger partial charge on any atom is -0.392 e. The van der Waals surface area contributed by atoms with Gasteiger partial charge in [0.15, 0.2) is 0 Å². The van der Waals surface area contributed by atoms with Crippen LogP contribution in [0, 0.1) is 0 Å². The van der Waals surface area contributed by atoms with Crippen LogP contribution >= 0.6 is 0 Å². The predicted octanol–water partition coefficient (Wildman–Crippen LogP) is 2.47. The molecule has 0 bridgehead atoms. The molecular weight excluding hydrogens is 456 g/mol. The molecule has 6 N–H and O–H groups in total. The molecule has 0 saturated carbocycles. The first-order chi connectivity index (χ1) is 17.5. The van der Waals surface area contributed by atoms with Crippen LogP contribution in [0.1, 0.15) is 34.3 Å². The van der Waals surface area contributed by atoms with Crippen LogP contribution < -0.4 is 21.7 Å². The van der Waals surface area contributed by atoms with Gasteiger partial charge in [-0.15, -0.1) is 0 Å². The Morgan fingerprint density at radius 1 is 0.944 bits per heavy atom. The highest BCUT2D eigenvalue weighted by Gasteiger charge is 2.10. The number of rotatable bonds is 12. The van der Waals surface area contributed by atoms with Gasteiger partial charge < -0.3 is 26.8 Å². The highest BCUT2D eigenvalue weighted by Crippen LogP contribution is 2.29. The third-order valence-electron chi connectivity index (χ3n) is 5.88. The van der Waals surface area contributed by atoms with Crippen LogP contribution in [0.5, 0.6) is 0 Å². The third-order valence-corrected chi connectivity index (χ3v) is 5.88. The molecule has 9 nitrogen and oxygen atoms in total. The maximum Gasteiger partial charge on any atom is 0.248 e. The molecule has 4 aromatic rings. The van der Waals surface area contributed by atoms with E-state index in [1.807, 2.05) is 36.4 Å². The van der Waals surface area contributed by atoms with Gasteiger partial charge in [0.2, 0.25) is 11.8 Å². The number of amides is 2. The summed E-state index contributed by atoms with van der Waals surface area (Å²) in [4.78, 5) is 32.7. The molecule has 2 aromatic heterocycles. The first-order valence-electron chi connectivity index (χ1n) is 11.9. The molecule has 186 valence electrons. The van der Waals surface area contributed by atoms with Crippen molar-refractivity contribution >= 4 is 39.3 Å². The van der Waals surface area contributed by atoms with Crippen molar-refractivity contribution in [2.24, 2.45) is 5.73 Å². The Balaban J connectivity index is 1.24. The molecule has 0 saturated heterocycles. The molecule has 36 heavy (non-hydrogen) atoms. The van der Waals surface area contributed by atoms with Gasteiger partial charge in [-0.1, -0.05) is 30.3 Å². The Morgan fingerprint density at radius 2 is 1.81 bits per heavy atom. The number of carbonyl (C=O) groups is 2. The van der Waals surface area contributed by atoms with Crippen molar-refractivity contribution in [2.45, 2.75) is 26.0 Å². The molecule has 0 aliphatic heterocycles. The van der Waals surface area contributed by atoms with Gasteiger partial charge in [-0.25, -0.2) is 4.98 Å². The van der Waals surface area contributed by atoms with E-state index >= 15 is 0 Å². The number of carbonyl (C=O) groups excluding carboxylic acids is 2. The number of aliphatic hydroxyl groups excluding tert-OH is 1. The maximum absolute atomic E-state index is 12.1. The fourth-order valence-electron chi connectivity index (χ4n) is 4.02.